The van der Waals surface area contributed by atoms with Crippen LogP contribution in [0.25, 0.3) is 0 Å². The lowest BCUT2D eigenvalue weighted by atomic mass is 9.99. The maximum Gasteiger partial charge on any atom is 0.339 e. The Balaban J connectivity index is 1.67. The number of carboxylic acids is 1. The van der Waals surface area contributed by atoms with Gasteiger partial charge in [-0.05, 0) is 12.1 Å². The van der Waals surface area contributed by atoms with Gasteiger partial charge in [-0.1, -0.05) is 12.1 Å². The molecule has 30 heavy (non-hydrogen) atoms. The Kier molecular flexibility index (Phi) is 7.23. The average molecular weight is 432 g/mol. The second kappa shape index (κ2) is 9.51. The number of para-hydroxylation sites is 1. The van der Waals surface area contributed by atoms with Crippen molar-refractivity contribution in [3.05, 3.63) is 29.8 Å². The minimum absolute atomic E-state index is 0.00188. The van der Waals surface area contributed by atoms with Crippen LogP contribution < -0.4 is 4.74 Å². The van der Waals surface area contributed by atoms with E-state index in [1.807, 2.05) is 0 Å². The third-order valence-corrected chi connectivity index (χ3v) is 4.91. The normalized spacial score (nSPS) is 39.5. The largest absolute Gasteiger partial charge is 0.490 e. The first-order chi connectivity index (χ1) is 14.2. The molecule has 7 N–H and O–H groups in total. The van der Waals surface area contributed by atoms with Crippen LogP contribution in [0.15, 0.2) is 24.3 Å². The van der Waals surface area contributed by atoms with Crippen LogP contribution in [0.1, 0.15) is 10.4 Å². The number of benzene rings is 1. The van der Waals surface area contributed by atoms with Crippen molar-refractivity contribution in [3.63, 3.8) is 0 Å². The molecule has 2 aliphatic heterocycles. The van der Waals surface area contributed by atoms with E-state index in [0.29, 0.717) is 0 Å². The second-order valence-electron chi connectivity index (χ2n) is 7.01. The van der Waals surface area contributed by atoms with Crippen molar-refractivity contribution in [1.82, 2.24) is 0 Å². The molecule has 2 aliphatic rings. The summed E-state index contributed by atoms with van der Waals surface area (Å²) in [6.45, 7) is -0.750. The SMILES string of the molecule is O=C(O)c1ccccc1OC[C@H]1OC(O[C@@H]2OC[C@@H](O)[C@H](O)[C@H]2O)[C@H](O)[C@@H](O)[C@@H]1O. The molecule has 2 saturated heterocycles. The van der Waals surface area contributed by atoms with Gasteiger partial charge in [-0.2, -0.15) is 0 Å². The third kappa shape index (κ3) is 4.72. The molecule has 0 aliphatic carbocycles. The van der Waals surface area contributed by atoms with E-state index in [1.165, 1.54) is 18.2 Å². The molecule has 1 unspecified atom stereocenters. The quantitative estimate of drug-likeness (QED) is 0.241. The van der Waals surface area contributed by atoms with E-state index in [0.717, 1.165) is 0 Å². The molecule has 12 nitrogen and oxygen atoms in total. The van der Waals surface area contributed by atoms with Crippen LogP contribution in [-0.4, -0.2) is 110 Å². The van der Waals surface area contributed by atoms with Crippen LogP contribution in [0.4, 0.5) is 0 Å². The van der Waals surface area contributed by atoms with Crippen LogP contribution in [0, 0.1) is 0 Å². The molecule has 2 heterocycles. The monoisotopic (exact) mass is 432 g/mol. The molecule has 1 aromatic rings. The van der Waals surface area contributed by atoms with Crippen molar-refractivity contribution >= 4 is 5.97 Å². The fraction of sp³-hybridized carbons (Fsp3) is 0.611. The van der Waals surface area contributed by atoms with Gasteiger partial charge in [0.05, 0.1) is 6.61 Å². The highest BCUT2D eigenvalue weighted by atomic mass is 16.8. The average Bonchev–Trinajstić information content (AvgIpc) is 2.73. The van der Waals surface area contributed by atoms with E-state index in [1.54, 1.807) is 6.07 Å². The van der Waals surface area contributed by atoms with Crippen LogP contribution in [0.3, 0.4) is 0 Å². The number of hydrogen-bond acceptors (Lipinski definition) is 11. The van der Waals surface area contributed by atoms with Crippen molar-refractivity contribution in [2.24, 2.45) is 0 Å². The molecule has 0 spiro atoms. The fourth-order valence-electron chi connectivity index (χ4n) is 3.14. The number of aromatic carboxylic acids is 1. The Morgan fingerprint density at radius 2 is 1.60 bits per heavy atom. The van der Waals surface area contributed by atoms with Crippen LogP contribution in [0.5, 0.6) is 5.75 Å². The van der Waals surface area contributed by atoms with E-state index in [2.05, 4.69) is 0 Å². The molecule has 0 bridgehead atoms. The predicted molar refractivity (Wildman–Crippen MR) is 94.4 cm³/mol. The number of aliphatic hydroxyl groups is 6. The van der Waals surface area contributed by atoms with Gasteiger partial charge in [0.2, 0.25) is 0 Å². The summed E-state index contributed by atoms with van der Waals surface area (Å²) in [6.07, 6.45) is -13.9. The number of hydrogen-bond donors (Lipinski definition) is 7. The zero-order chi connectivity index (χ0) is 22.0. The molecule has 0 saturated carbocycles. The molecule has 1 aromatic carbocycles. The summed E-state index contributed by atoms with van der Waals surface area (Å²) in [5.41, 5.74) is -0.123. The van der Waals surface area contributed by atoms with Gasteiger partial charge in [-0.15, -0.1) is 0 Å². The van der Waals surface area contributed by atoms with E-state index < -0.39 is 67.9 Å². The van der Waals surface area contributed by atoms with E-state index in [-0.39, 0.29) is 17.9 Å². The van der Waals surface area contributed by atoms with Gasteiger partial charge in [-0.3, -0.25) is 0 Å². The molecule has 2 fully saturated rings. The zero-order valence-electron chi connectivity index (χ0n) is 15.6. The molecular formula is C18H24O12. The summed E-state index contributed by atoms with van der Waals surface area (Å²) < 4.78 is 21.2. The zero-order valence-corrected chi connectivity index (χ0v) is 15.6. The first-order valence-corrected chi connectivity index (χ1v) is 9.16. The highest BCUT2D eigenvalue weighted by Crippen LogP contribution is 2.27. The van der Waals surface area contributed by atoms with E-state index >= 15 is 0 Å². The van der Waals surface area contributed by atoms with Gasteiger partial charge < -0.3 is 54.7 Å². The third-order valence-electron chi connectivity index (χ3n) is 4.91. The van der Waals surface area contributed by atoms with Crippen molar-refractivity contribution < 1.29 is 59.5 Å². The van der Waals surface area contributed by atoms with E-state index in [9.17, 15) is 40.5 Å². The second-order valence-corrected chi connectivity index (χ2v) is 7.01. The summed E-state index contributed by atoms with van der Waals surface area (Å²) in [5, 5.41) is 68.8. The van der Waals surface area contributed by atoms with E-state index in [4.69, 9.17) is 18.9 Å². The highest BCUT2D eigenvalue weighted by molar-refractivity contribution is 5.90. The minimum Gasteiger partial charge on any atom is -0.490 e. The Bertz CT molecular complexity index is 729. The first kappa shape index (κ1) is 22.8. The van der Waals surface area contributed by atoms with Crippen molar-refractivity contribution in [3.8, 4) is 5.75 Å². The molecule has 0 aromatic heterocycles. The number of carboxylic acid groups (broad SMARTS) is 1. The van der Waals surface area contributed by atoms with Crippen molar-refractivity contribution in [1.29, 1.82) is 0 Å². The Morgan fingerprint density at radius 1 is 0.933 bits per heavy atom. The maximum atomic E-state index is 11.3. The highest BCUT2D eigenvalue weighted by Gasteiger charge is 2.48. The standard InChI is InChI=1S/C18H24O12/c19-8-5-28-17(14(23)11(8)20)30-18-15(24)13(22)12(21)10(29-18)6-27-9-4-2-1-3-7(9)16(25)26/h1-4,8,10-15,17-24H,5-6H2,(H,25,26)/t8-,10-,11+,12-,13+,14-,15-,17+,18?/m1/s1. The summed E-state index contributed by atoms with van der Waals surface area (Å²) in [6, 6.07) is 5.78. The Morgan fingerprint density at radius 3 is 2.30 bits per heavy atom. The van der Waals surface area contributed by atoms with Crippen molar-refractivity contribution in [2.75, 3.05) is 13.2 Å². The van der Waals surface area contributed by atoms with Gasteiger partial charge >= 0.3 is 5.97 Å². The minimum atomic E-state index is -1.73. The van der Waals surface area contributed by atoms with Gasteiger partial charge in [0.1, 0.15) is 60.6 Å². The first-order valence-electron chi connectivity index (χ1n) is 9.16. The number of carbonyl (C=O) groups is 1. The number of aliphatic hydroxyl groups excluding tert-OH is 6. The lowest BCUT2D eigenvalue weighted by molar-refractivity contribution is -0.364. The summed E-state index contributed by atoms with van der Waals surface area (Å²) in [5.74, 6) is -1.22. The predicted octanol–water partition coefficient (Wildman–Crippen LogP) is -2.97. The lowest BCUT2D eigenvalue weighted by Crippen LogP contribution is -2.62. The van der Waals surface area contributed by atoms with Gasteiger partial charge in [0.25, 0.3) is 0 Å². The smallest absolute Gasteiger partial charge is 0.339 e. The topological polar surface area (TPSA) is 196 Å². The maximum absolute atomic E-state index is 11.3. The number of rotatable bonds is 6. The Hall–Kier alpha value is -1.87. The molecule has 0 radical (unpaired) electrons. The van der Waals surface area contributed by atoms with Gasteiger partial charge in [0, 0.05) is 0 Å². The van der Waals surface area contributed by atoms with Crippen molar-refractivity contribution in [2.45, 2.75) is 55.3 Å². The summed E-state index contributed by atoms with van der Waals surface area (Å²) in [7, 11) is 0. The fourth-order valence-corrected chi connectivity index (χ4v) is 3.14. The van der Waals surface area contributed by atoms with Gasteiger partial charge in [-0.25, -0.2) is 4.79 Å². The molecule has 3 rings (SSSR count). The molecule has 12 heteroatoms. The summed E-state index contributed by atoms with van der Waals surface area (Å²) >= 11 is 0. The van der Waals surface area contributed by atoms with Gasteiger partial charge in [0.15, 0.2) is 12.6 Å². The molecule has 9 atom stereocenters. The van der Waals surface area contributed by atoms with Crippen LogP contribution in [-0.2, 0) is 14.2 Å². The Labute approximate surface area is 170 Å². The lowest BCUT2D eigenvalue weighted by Gasteiger charge is -2.43. The molecule has 168 valence electrons. The molecular weight excluding hydrogens is 408 g/mol. The molecule has 0 amide bonds. The van der Waals surface area contributed by atoms with Crippen LogP contribution >= 0.6 is 0 Å². The number of ether oxygens (including phenoxy) is 4. The summed E-state index contributed by atoms with van der Waals surface area (Å²) in [4.78, 5) is 11.3. The van der Waals surface area contributed by atoms with Crippen LogP contribution in [0.2, 0.25) is 0 Å².